The Morgan fingerprint density at radius 3 is 2.16 bits per heavy atom. The number of anilines is 1. The molecular weight excluding hydrogens is 389 g/mol. The minimum Gasteiger partial charge on any atom is -0.399 e. The van der Waals surface area contributed by atoms with E-state index in [2.05, 4.69) is 64.6 Å². The first-order valence-corrected chi connectivity index (χ1v) is 12.1. The number of hydrogen-bond acceptors (Lipinski definition) is 5. The Kier molecular flexibility index (Phi) is 6.00. The van der Waals surface area contributed by atoms with Crippen LogP contribution in [0, 0.1) is 5.41 Å². The number of unbranched alkanes of at least 4 members (excludes halogenated alkanes) is 2. The van der Waals surface area contributed by atoms with Gasteiger partial charge >= 0.3 is 7.12 Å². The Balaban J connectivity index is 1.66. The quantitative estimate of drug-likeness (QED) is 0.500. The summed E-state index contributed by atoms with van der Waals surface area (Å²) in [4.78, 5) is 2.41. The zero-order valence-corrected chi connectivity index (χ0v) is 20.3. The second kappa shape index (κ2) is 8.05. The molecule has 0 aliphatic carbocycles. The highest BCUT2D eigenvalue weighted by Gasteiger charge is 2.53. The molecule has 6 heteroatoms. The summed E-state index contributed by atoms with van der Waals surface area (Å²) < 4.78 is 18.2. The molecule has 1 aromatic rings. The van der Waals surface area contributed by atoms with E-state index in [9.17, 15) is 5.11 Å². The molecule has 172 valence electrons. The van der Waals surface area contributed by atoms with Gasteiger partial charge in [-0.25, -0.2) is 0 Å². The van der Waals surface area contributed by atoms with E-state index < -0.39 is 12.7 Å². The van der Waals surface area contributed by atoms with E-state index in [1.165, 1.54) is 0 Å². The fraction of sp³-hybridized carbons (Fsp3) is 0.760. The molecule has 3 heterocycles. The highest BCUT2D eigenvalue weighted by Crippen LogP contribution is 2.42. The van der Waals surface area contributed by atoms with Crippen molar-refractivity contribution in [1.82, 2.24) is 0 Å². The molecular formula is C25H40BNO4. The molecule has 1 unspecified atom stereocenters. The van der Waals surface area contributed by atoms with E-state index in [1.807, 2.05) is 0 Å². The van der Waals surface area contributed by atoms with Crippen LogP contribution in [0.2, 0.25) is 0 Å². The minimum absolute atomic E-state index is 0.336. The highest BCUT2D eigenvalue weighted by molar-refractivity contribution is 6.62. The SMILES string of the molecule is CCCCCC(O)(CC)c1cc(B2OC(C)(C)C(C)(C)O2)cc(N2CC3(COC3)C2)c1. The Bertz CT molecular complexity index is 783. The molecule has 1 N–H and O–H groups in total. The minimum atomic E-state index is -0.828. The van der Waals surface area contributed by atoms with Crippen molar-refractivity contribution >= 4 is 18.3 Å². The van der Waals surface area contributed by atoms with E-state index in [0.717, 1.165) is 68.7 Å². The van der Waals surface area contributed by atoms with Gasteiger partial charge in [-0.15, -0.1) is 0 Å². The molecule has 5 nitrogen and oxygen atoms in total. The molecule has 1 atom stereocenters. The number of aliphatic hydroxyl groups is 1. The third kappa shape index (κ3) is 4.17. The van der Waals surface area contributed by atoms with Crippen LogP contribution in [-0.4, -0.2) is 49.7 Å². The summed E-state index contributed by atoms with van der Waals surface area (Å²) in [7, 11) is -0.428. The van der Waals surface area contributed by atoms with Crippen LogP contribution in [0.25, 0.3) is 0 Å². The van der Waals surface area contributed by atoms with Gasteiger partial charge in [-0.2, -0.15) is 0 Å². The highest BCUT2D eigenvalue weighted by atomic mass is 16.7. The lowest BCUT2D eigenvalue weighted by molar-refractivity contribution is -0.127. The smallest absolute Gasteiger partial charge is 0.399 e. The molecule has 0 bridgehead atoms. The zero-order valence-electron chi connectivity index (χ0n) is 20.3. The first-order chi connectivity index (χ1) is 14.5. The summed E-state index contributed by atoms with van der Waals surface area (Å²) >= 11 is 0. The lowest BCUT2D eigenvalue weighted by Crippen LogP contribution is -2.66. The fourth-order valence-corrected chi connectivity index (χ4v) is 4.91. The normalized spacial score (nSPS) is 25.3. The van der Waals surface area contributed by atoms with E-state index in [-0.39, 0.29) is 11.2 Å². The van der Waals surface area contributed by atoms with Crippen LogP contribution in [0.1, 0.15) is 79.2 Å². The van der Waals surface area contributed by atoms with Gasteiger partial charge in [0.15, 0.2) is 0 Å². The summed E-state index contributed by atoms with van der Waals surface area (Å²) in [5.41, 5.74) is 1.87. The predicted octanol–water partition coefficient (Wildman–Crippen LogP) is 4.00. The van der Waals surface area contributed by atoms with Gasteiger partial charge in [0.05, 0.1) is 35.4 Å². The van der Waals surface area contributed by atoms with Crippen LogP contribution in [0.15, 0.2) is 18.2 Å². The van der Waals surface area contributed by atoms with Gasteiger partial charge in [-0.1, -0.05) is 39.2 Å². The fourth-order valence-electron chi connectivity index (χ4n) is 4.91. The number of ether oxygens (including phenoxy) is 1. The molecule has 4 rings (SSSR count). The number of hydrogen-bond donors (Lipinski definition) is 1. The van der Waals surface area contributed by atoms with Crippen molar-refractivity contribution in [3.05, 3.63) is 23.8 Å². The van der Waals surface area contributed by atoms with E-state index in [4.69, 9.17) is 14.0 Å². The van der Waals surface area contributed by atoms with Crippen LogP contribution >= 0.6 is 0 Å². The van der Waals surface area contributed by atoms with Crippen molar-refractivity contribution < 1.29 is 19.2 Å². The molecule has 1 spiro atoms. The van der Waals surface area contributed by atoms with Crippen molar-refractivity contribution in [3.63, 3.8) is 0 Å². The second-order valence-corrected chi connectivity index (χ2v) is 11.1. The topological polar surface area (TPSA) is 51.2 Å². The zero-order chi connectivity index (χ0) is 22.5. The summed E-state index contributed by atoms with van der Waals surface area (Å²) in [5, 5.41) is 11.6. The Hall–Kier alpha value is -1.08. The maximum atomic E-state index is 11.6. The van der Waals surface area contributed by atoms with E-state index in [0.29, 0.717) is 11.8 Å². The first kappa shape index (κ1) is 23.1. The molecule has 0 amide bonds. The van der Waals surface area contributed by atoms with Crippen molar-refractivity contribution in [2.24, 2.45) is 5.41 Å². The average Bonchev–Trinajstić information content (AvgIpc) is 2.87. The monoisotopic (exact) mass is 429 g/mol. The van der Waals surface area contributed by atoms with Crippen LogP contribution in [0.5, 0.6) is 0 Å². The summed E-state index contributed by atoms with van der Waals surface area (Å²) in [5.74, 6) is 0. The van der Waals surface area contributed by atoms with Crippen molar-refractivity contribution in [2.75, 3.05) is 31.2 Å². The third-order valence-electron chi connectivity index (χ3n) is 8.02. The van der Waals surface area contributed by atoms with Gasteiger partial charge in [-0.05, 0) is 63.7 Å². The van der Waals surface area contributed by atoms with Crippen LogP contribution in [-0.2, 0) is 19.6 Å². The van der Waals surface area contributed by atoms with E-state index in [1.54, 1.807) is 0 Å². The van der Waals surface area contributed by atoms with Crippen molar-refractivity contribution in [3.8, 4) is 0 Å². The Morgan fingerprint density at radius 2 is 1.65 bits per heavy atom. The molecule has 0 saturated carbocycles. The predicted molar refractivity (Wildman–Crippen MR) is 126 cm³/mol. The van der Waals surface area contributed by atoms with Gasteiger partial charge in [-0.3, -0.25) is 0 Å². The Labute approximate surface area is 188 Å². The number of benzene rings is 1. The maximum absolute atomic E-state index is 11.6. The van der Waals surface area contributed by atoms with Gasteiger partial charge in [0.2, 0.25) is 0 Å². The van der Waals surface area contributed by atoms with Gasteiger partial charge < -0.3 is 24.1 Å². The largest absolute Gasteiger partial charge is 0.494 e. The van der Waals surface area contributed by atoms with Crippen molar-refractivity contribution in [1.29, 1.82) is 0 Å². The molecule has 0 aromatic heterocycles. The van der Waals surface area contributed by atoms with Crippen LogP contribution in [0.3, 0.4) is 0 Å². The van der Waals surface area contributed by atoms with Gasteiger partial charge in [0.25, 0.3) is 0 Å². The van der Waals surface area contributed by atoms with Crippen LogP contribution in [0.4, 0.5) is 5.69 Å². The molecule has 3 aliphatic rings. The lowest BCUT2D eigenvalue weighted by atomic mass is 9.73. The maximum Gasteiger partial charge on any atom is 0.494 e. The summed E-state index contributed by atoms with van der Waals surface area (Å²) in [6.45, 7) is 16.4. The first-order valence-electron chi connectivity index (χ1n) is 12.1. The van der Waals surface area contributed by atoms with Gasteiger partial charge in [0, 0.05) is 18.8 Å². The molecule has 3 fully saturated rings. The molecule has 0 radical (unpaired) electrons. The molecule has 31 heavy (non-hydrogen) atoms. The number of nitrogens with zero attached hydrogens (tertiary/aromatic N) is 1. The molecule has 1 aromatic carbocycles. The standard InChI is InChI=1S/C25H40BNO4/c1-7-9-10-11-25(28,8-2)19-12-20(26-30-22(3,4)23(5,6)31-26)14-21(13-19)27-15-24(16-27)17-29-18-24/h12-14,28H,7-11,15-18H2,1-6H3. The van der Waals surface area contributed by atoms with Gasteiger partial charge in [0.1, 0.15) is 0 Å². The number of rotatable bonds is 8. The Morgan fingerprint density at radius 1 is 1.00 bits per heavy atom. The summed E-state index contributed by atoms with van der Waals surface area (Å²) in [6, 6.07) is 6.50. The molecule has 3 saturated heterocycles. The van der Waals surface area contributed by atoms with E-state index >= 15 is 0 Å². The van der Waals surface area contributed by atoms with Crippen molar-refractivity contribution in [2.45, 2.75) is 90.4 Å². The second-order valence-electron chi connectivity index (χ2n) is 11.1. The summed E-state index contributed by atoms with van der Waals surface area (Å²) in [6.07, 6.45) is 4.79. The lowest BCUT2D eigenvalue weighted by Gasteiger charge is -2.56. The average molecular weight is 429 g/mol. The molecule has 3 aliphatic heterocycles. The van der Waals surface area contributed by atoms with Crippen LogP contribution < -0.4 is 10.4 Å². The third-order valence-corrected chi connectivity index (χ3v) is 8.02.